The molecule has 0 heterocycles. The normalized spacial score (nSPS) is 11.2. The van der Waals surface area contributed by atoms with Crippen molar-refractivity contribution in [3.8, 4) is 0 Å². The van der Waals surface area contributed by atoms with Crippen LogP contribution in [0.2, 0.25) is 0 Å². The Morgan fingerprint density at radius 3 is 1.64 bits per heavy atom. The van der Waals surface area contributed by atoms with Crippen LogP contribution < -0.4 is 9.62 Å². The molecule has 4 aromatic carbocycles. The number of benzene rings is 4. The zero-order chi connectivity index (χ0) is 23.3. The van der Waals surface area contributed by atoms with Crippen molar-refractivity contribution >= 4 is 27.3 Å². The molecule has 0 aromatic heterocycles. The third-order valence-corrected chi connectivity index (χ3v) is 7.23. The van der Waals surface area contributed by atoms with E-state index in [1.54, 1.807) is 36.4 Å². The summed E-state index contributed by atoms with van der Waals surface area (Å²) in [6.45, 7) is 0. The highest BCUT2D eigenvalue weighted by molar-refractivity contribution is 7.92. The van der Waals surface area contributed by atoms with Crippen molar-refractivity contribution in [3.63, 3.8) is 0 Å². The van der Waals surface area contributed by atoms with E-state index in [0.29, 0.717) is 11.4 Å². The number of carbonyl (C=O) groups excluding carboxylic acids is 1. The Morgan fingerprint density at radius 1 is 0.697 bits per heavy atom. The topological polar surface area (TPSA) is 66.5 Å². The summed E-state index contributed by atoms with van der Waals surface area (Å²) in [6, 6.07) is 34.2. The largest absolute Gasteiger partial charge is 0.325 e. The second kappa shape index (κ2) is 9.71. The second-order valence-electron chi connectivity index (χ2n) is 7.58. The summed E-state index contributed by atoms with van der Waals surface area (Å²) in [5.41, 5.74) is 2.86. The summed E-state index contributed by atoms with van der Waals surface area (Å²) < 4.78 is 27.2. The van der Waals surface area contributed by atoms with Gasteiger partial charge in [-0.25, -0.2) is 8.42 Å². The molecule has 0 saturated carbocycles. The van der Waals surface area contributed by atoms with Gasteiger partial charge in [0.1, 0.15) is 0 Å². The van der Waals surface area contributed by atoms with Crippen molar-refractivity contribution in [2.45, 2.75) is 10.8 Å². The number of nitrogens with zero attached hydrogens (tertiary/aromatic N) is 1. The first-order valence-corrected chi connectivity index (χ1v) is 12.0. The molecule has 0 aliphatic rings. The quantitative estimate of drug-likeness (QED) is 0.411. The van der Waals surface area contributed by atoms with Crippen molar-refractivity contribution in [3.05, 3.63) is 126 Å². The summed E-state index contributed by atoms with van der Waals surface area (Å²) in [4.78, 5) is 13.4. The number of carbonyl (C=O) groups is 1. The number of amides is 1. The van der Waals surface area contributed by atoms with E-state index in [-0.39, 0.29) is 10.8 Å². The van der Waals surface area contributed by atoms with Crippen molar-refractivity contribution < 1.29 is 13.2 Å². The second-order valence-corrected chi connectivity index (χ2v) is 9.55. The molecule has 0 unspecified atom stereocenters. The molecule has 5 nitrogen and oxygen atoms in total. The van der Waals surface area contributed by atoms with Crippen LogP contribution in [-0.4, -0.2) is 21.4 Å². The molecule has 4 aromatic rings. The number of hydrogen-bond acceptors (Lipinski definition) is 3. The van der Waals surface area contributed by atoms with Gasteiger partial charge >= 0.3 is 0 Å². The molecule has 0 atom stereocenters. The van der Waals surface area contributed by atoms with Gasteiger partial charge in [-0.2, -0.15) is 0 Å². The first kappa shape index (κ1) is 22.3. The lowest BCUT2D eigenvalue weighted by atomic mass is 9.90. The Kier molecular flexibility index (Phi) is 6.56. The number of para-hydroxylation sites is 1. The number of rotatable bonds is 7. The molecule has 0 fully saturated rings. The van der Waals surface area contributed by atoms with E-state index in [4.69, 9.17) is 0 Å². The van der Waals surface area contributed by atoms with Gasteiger partial charge in [-0.1, -0.05) is 78.9 Å². The van der Waals surface area contributed by atoms with E-state index in [2.05, 4.69) is 5.32 Å². The first-order chi connectivity index (χ1) is 16.0. The van der Waals surface area contributed by atoms with Crippen molar-refractivity contribution in [1.82, 2.24) is 0 Å². The van der Waals surface area contributed by atoms with E-state index in [0.717, 1.165) is 11.1 Å². The Hall–Kier alpha value is -3.90. The van der Waals surface area contributed by atoms with Gasteiger partial charge in [-0.05, 0) is 47.5 Å². The summed E-state index contributed by atoms with van der Waals surface area (Å²) in [5.74, 6) is -0.676. The van der Waals surface area contributed by atoms with Gasteiger partial charge < -0.3 is 5.32 Å². The zero-order valence-electron chi connectivity index (χ0n) is 18.1. The fraction of sp³-hybridized carbons (Fsp3) is 0.0741. The van der Waals surface area contributed by atoms with Crippen LogP contribution in [-0.2, 0) is 14.8 Å². The molecule has 6 heteroatoms. The molecule has 166 valence electrons. The monoisotopic (exact) mass is 456 g/mol. The van der Waals surface area contributed by atoms with E-state index in [1.165, 1.54) is 23.5 Å². The molecule has 0 aliphatic carbocycles. The predicted octanol–water partition coefficient (Wildman–Crippen LogP) is 5.28. The number of nitrogens with one attached hydrogen (secondary N) is 1. The Bertz CT molecular complexity index is 1270. The molecule has 0 radical (unpaired) electrons. The number of anilines is 2. The highest BCUT2D eigenvalue weighted by Gasteiger charge is 2.24. The van der Waals surface area contributed by atoms with Crippen LogP contribution in [0.5, 0.6) is 0 Å². The number of hydrogen-bond donors (Lipinski definition) is 1. The lowest BCUT2D eigenvalue weighted by Crippen LogP contribution is -2.26. The molecule has 0 aliphatic heterocycles. The predicted molar refractivity (Wildman–Crippen MR) is 132 cm³/mol. The Labute approximate surface area is 194 Å². The van der Waals surface area contributed by atoms with Gasteiger partial charge in [0.25, 0.3) is 10.0 Å². The van der Waals surface area contributed by atoms with Crippen LogP contribution >= 0.6 is 0 Å². The van der Waals surface area contributed by atoms with Gasteiger partial charge in [0.05, 0.1) is 16.5 Å². The molecular formula is C27H24N2O3S. The summed E-state index contributed by atoms with van der Waals surface area (Å²) in [5, 5.41) is 2.93. The molecule has 1 N–H and O–H groups in total. The lowest BCUT2D eigenvalue weighted by Gasteiger charge is -2.20. The summed E-state index contributed by atoms with van der Waals surface area (Å²) in [6.07, 6.45) is 0. The van der Waals surface area contributed by atoms with E-state index >= 15 is 0 Å². The maximum Gasteiger partial charge on any atom is 0.264 e. The minimum absolute atomic E-state index is 0.148. The van der Waals surface area contributed by atoms with Crippen LogP contribution in [0.15, 0.2) is 120 Å². The Morgan fingerprint density at radius 2 is 1.15 bits per heavy atom. The van der Waals surface area contributed by atoms with Crippen molar-refractivity contribution in [2.75, 3.05) is 16.7 Å². The van der Waals surface area contributed by atoms with Gasteiger partial charge in [-0.3, -0.25) is 9.10 Å². The van der Waals surface area contributed by atoms with Crippen LogP contribution in [0.3, 0.4) is 0 Å². The van der Waals surface area contributed by atoms with Crippen LogP contribution in [0, 0.1) is 0 Å². The lowest BCUT2D eigenvalue weighted by molar-refractivity contribution is -0.116. The fourth-order valence-electron chi connectivity index (χ4n) is 3.65. The summed E-state index contributed by atoms with van der Waals surface area (Å²) >= 11 is 0. The average Bonchev–Trinajstić information content (AvgIpc) is 2.86. The molecule has 0 spiro atoms. The van der Waals surface area contributed by atoms with Gasteiger partial charge in [0.2, 0.25) is 5.91 Å². The van der Waals surface area contributed by atoms with Crippen LogP contribution in [0.25, 0.3) is 0 Å². The molecule has 33 heavy (non-hydrogen) atoms. The third kappa shape index (κ3) is 4.96. The van der Waals surface area contributed by atoms with Crippen molar-refractivity contribution in [2.24, 2.45) is 0 Å². The molecule has 1 amide bonds. The minimum atomic E-state index is -3.72. The average molecular weight is 457 g/mol. The van der Waals surface area contributed by atoms with Gasteiger partial charge in [0, 0.05) is 12.7 Å². The first-order valence-electron chi connectivity index (χ1n) is 10.5. The third-order valence-electron chi connectivity index (χ3n) is 5.43. The highest BCUT2D eigenvalue weighted by atomic mass is 32.2. The number of sulfonamides is 1. The van der Waals surface area contributed by atoms with E-state index in [9.17, 15) is 13.2 Å². The maximum atomic E-state index is 13.3. The molecule has 0 bridgehead atoms. The molecular weight excluding hydrogens is 432 g/mol. The van der Waals surface area contributed by atoms with Gasteiger partial charge in [0.15, 0.2) is 0 Å². The zero-order valence-corrected chi connectivity index (χ0v) is 18.9. The van der Waals surface area contributed by atoms with E-state index in [1.807, 2.05) is 66.7 Å². The van der Waals surface area contributed by atoms with E-state index < -0.39 is 15.9 Å². The summed E-state index contributed by atoms with van der Waals surface area (Å²) in [7, 11) is -2.20. The van der Waals surface area contributed by atoms with Gasteiger partial charge in [-0.15, -0.1) is 0 Å². The SMILES string of the molecule is CN(c1ccccc1)S(=O)(=O)c1ccc(NC(=O)C(c2ccccc2)c2ccccc2)cc1. The Balaban J connectivity index is 1.56. The van der Waals surface area contributed by atoms with Crippen LogP contribution in [0.1, 0.15) is 17.0 Å². The van der Waals surface area contributed by atoms with Crippen LogP contribution in [0.4, 0.5) is 11.4 Å². The fourth-order valence-corrected chi connectivity index (χ4v) is 4.84. The standard InChI is InChI=1S/C27H24N2O3S/c1-29(24-15-9-4-10-16-24)33(31,32)25-19-17-23(18-20-25)28-27(30)26(21-11-5-2-6-12-21)22-13-7-3-8-14-22/h2-20,26H,1H3,(H,28,30). The molecule has 0 saturated heterocycles. The smallest absolute Gasteiger partial charge is 0.264 e. The highest BCUT2D eigenvalue weighted by Crippen LogP contribution is 2.27. The minimum Gasteiger partial charge on any atom is -0.325 e. The maximum absolute atomic E-state index is 13.3. The molecule has 4 rings (SSSR count). The van der Waals surface area contributed by atoms with Crippen molar-refractivity contribution in [1.29, 1.82) is 0 Å².